The van der Waals surface area contributed by atoms with Crippen LogP contribution in [0.1, 0.15) is 23.7 Å². The van der Waals surface area contributed by atoms with Gasteiger partial charge in [0.25, 0.3) is 5.91 Å². The first-order valence-electron chi connectivity index (χ1n) is 6.17. The highest BCUT2D eigenvalue weighted by atomic mass is 35.5. The topological polar surface area (TPSA) is 53.5 Å². The number of hydrogen-bond donors (Lipinski definition) is 0. The van der Waals surface area contributed by atoms with Gasteiger partial charge in [-0.15, -0.1) is 0 Å². The number of amides is 2. The number of likely N-dealkylation sites (N-methyl/N-ethyl adjacent to an activating group) is 1. The van der Waals surface area contributed by atoms with Gasteiger partial charge in [0.2, 0.25) is 5.91 Å². The van der Waals surface area contributed by atoms with Gasteiger partial charge in [0.15, 0.2) is 0 Å². The van der Waals surface area contributed by atoms with Gasteiger partial charge >= 0.3 is 0 Å². The van der Waals surface area contributed by atoms with Crippen LogP contribution >= 0.6 is 23.2 Å². The molecule has 0 atom stereocenters. The molecule has 7 heteroatoms. The van der Waals surface area contributed by atoms with Crippen molar-refractivity contribution in [2.24, 2.45) is 0 Å². The predicted octanol–water partition coefficient (Wildman–Crippen LogP) is 2.33. The molecule has 0 radical (unpaired) electrons. The van der Waals surface area contributed by atoms with E-state index in [9.17, 15) is 9.59 Å². The summed E-state index contributed by atoms with van der Waals surface area (Å²) in [5, 5.41) is 0.299. The Kier molecular flexibility index (Phi) is 6.23. The standard InChI is InChI=1S/C13H17Cl2N3O2/c1-4-5-18(8-12(19)17(2)3)13(20)9-6-10(14)16-11(15)7-9/h6-7H,4-5,8H2,1-3H3. The van der Waals surface area contributed by atoms with E-state index in [0.717, 1.165) is 6.42 Å². The van der Waals surface area contributed by atoms with Crippen molar-refractivity contribution in [1.29, 1.82) is 0 Å². The molecule has 0 aliphatic rings. The number of pyridine rings is 1. The van der Waals surface area contributed by atoms with Crippen molar-refractivity contribution in [1.82, 2.24) is 14.8 Å². The Labute approximate surface area is 128 Å². The van der Waals surface area contributed by atoms with E-state index in [-0.39, 0.29) is 28.7 Å². The van der Waals surface area contributed by atoms with E-state index in [4.69, 9.17) is 23.2 Å². The summed E-state index contributed by atoms with van der Waals surface area (Å²) in [4.78, 5) is 30.9. The van der Waals surface area contributed by atoms with Crippen molar-refractivity contribution >= 4 is 35.0 Å². The summed E-state index contributed by atoms with van der Waals surface area (Å²) in [6.45, 7) is 2.44. The molecule has 2 amide bonds. The van der Waals surface area contributed by atoms with Crippen molar-refractivity contribution in [2.75, 3.05) is 27.2 Å². The lowest BCUT2D eigenvalue weighted by Crippen LogP contribution is -2.40. The van der Waals surface area contributed by atoms with Crippen LogP contribution in [0.4, 0.5) is 0 Å². The fourth-order valence-electron chi connectivity index (χ4n) is 1.60. The highest BCUT2D eigenvalue weighted by Crippen LogP contribution is 2.16. The van der Waals surface area contributed by atoms with Gasteiger partial charge in [0.1, 0.15) is 16.9 Å². The molecule has 0 N–H and O–H groups in total. The third-order valence-corrected chi connectivity index (χ3v) is 3.00. The molecule has 1 aromatic rings. The first kappa shape index (κ1) is 16.7. The van der Waals surface area contributed by atoms with Gasteiger partial charge in [0, 0.05) is 26.2 Å². The molecule has 0 aromatic carbocycles. The first-order chi connectivity index (χ1) is 9.35. The van der Waals surface area contributed by atoms with Crippen LogP contribution in [-0.2, 0) is 4.79 Å². The average molecular weight is 318 g/mol. The van der Waals surface area contributed by atoms with Gasteiger partial charge in [0.05, 0.1) is 0 Å². The Morgan fingerprint density at radius 1 is 1.20 bits per heavy atom. The average Bonchev–Trinajstić information content (AvgIpc) is 2.35. The van der Waals surface area contributed by atoms with E-state index in [1.807, 2.05) is 6.92 Å². The zero-order chi connectivity index (χ0) is 15.3. The summed E-state index contributed by atoms with van der Waals surface area (Å²) in [7, 11) is 3.30. The van der Waals surface area contributed by atoms with E-state index < -0.39 is 0 Å². The van der Waals surface area contributed by atoms with E-state index in [0.29, 0.717) is 12.1 Å². The number of halogens is 2. The molecular weight excluding hydrogens is 301 g/mol. The monoisotopic (exact) mass is 317 g/mol. The fraction of sp³-hybridized carbons (Fsp3) is 0.462. The zero-order valence-electron chi connectivity index (χ0n) is 11.7. The lowest BCUT2D eigenvalue weighted by molar-refractivity contribution is -0.129. The Bertz CT molecular complexity index is 486. The molecule has 0 aliphatic heterocycles. The highest BCUT2D eigenvalue weighted by molar-refractivity contribution is 6.33. The van der Waals surface area contributed by atoms with Crippen LogP contribution in [0.15, 0.2) is 12.1 Å². The molecule has 110 valence electrons. The number of hydrogen-bond acceptors (Lipinski definition) is 3. The second-order valence-electron chi connectivity index (χ2n) is 4.52. The molecular formula is C13H17Cl2N3O2. The normalized spacial score (nSPS) is 10.2. The number of carbonyl (C=O) groups excluding carboxylic acids is 2. The first-order valence-corrected chi connectivity index (χ1v) is 6.93. The molecule has 0 saturated carbocycles. The Morgan fingerprint density at radius 2 is 1.75 bits per heavy atom. The molecule has 0 saturated heterocycles. The summed E-state index contributed by atoms with van der Waals surface area (Å²) in [5.41, 5.74) is 0.329. The number of nitrogens with zero attached hydrogens (tertiary/aromatic N) is 3. The Morgan fingerprint density at radius 3 is 2.20 bits per heavy atom. The second-order valence-corrected chi connectivity index (χ2v) is 5.29. The molecule has 20 heavy (non-hydrogen) atoms. The van der Waals surface area contributed by atoms with Crippen molar-refractivity contribution in [3.8, 4) is 0 Å². The maximum Gasteiger partial charge on any atom is 0.254 e. The molecule has 0 unspecified atom stereocenters. The highest BCUT2D eigenvalue weighted by Gasteiger charge is 2.20. The maximum absolute atomic E-state index is 12.4. The summed E-state index contributed by atoms with van der Waals surface area (Å²) in [6.07, 6.45) is 0.749. The molecule has 1 heterocycles. The van der Waals surface area contributed by atoms with Crippen LogP contribution in [0, 0.1) is 0 Å². The molecule has 0 fully saturated rings. The van der Waals surface area contributed by atoms with Gasteiger partial charge in [-0.05, 0) is 18.6 Å². The summed E-state index contributed by atoms with van der Waals surface area (Å²) >= 11 is 11.6. The van der Waals surface area contributed by atoms with Crippen molar-refractivity contribution in [3.05, 3.63) is 28.0 Å². The fourth-order valence-corrected chi connectivity index (χ4v) is 2.06. The van der Waals surface area contributed by atoms with Gasteiger partial charge in [-0.3, -0.25) is 9.59 Å². The SMILES string of the molecule is CCCN(CC(=O)N(C)C)C(=O)c1cc(Cl)nc(Cl)c1. The third-order valence-electron chi connectivity index (χ3n) is 2.62. The molecule has 5 nitrogen and oxygen atoms in total. The van der Waals surface area contributed by atoms with Crippen molar-refractivity contribution in [3.63, 3.8) is 0 Å². The second kappa shape index (κ2) is 7.45. The lowest BCUT2D eigenvalue weighted by atomic mass is 10.2. The van der Waals surface area contributed by atoms with Crippen LogP contribution in [0.25, 0.3) is 0 Å². The molecule has 0 spiro atoms. The molecule has 0 bridgehead atoms. The van der Waals surface area contributed by atoms with Crippen LogP contribution in [-0.4, -0.2) is 53.8 Å². The molecule has 1 rings (SSSR count). The Hall–Kier alpha value is -1.33. The van der Waals surface area contributed by atoms with Crippen molar-refractivity contribution in [2.45, 2.75) is 13.3 Å². The smallest absolute Gasteiger partial charge is 0.254 e. The molecule has 0 aliphatic carbocycles. The van der Waals surface area contributed by atoms with E-state index >= 15 is 0 Å². The lowest BCUT2D eigenvalue weighted by Gasteiger charge is -2.23. The van der Waals surface area contributed by atoms with Gasteiger partial charge in [-0.25, -0.2) is 4.98 Å². The number of aromatic nitrogens is 1. The van der Waals surface area contributed by atoms with Crippen LogP contribution in [0.5, 0.6) is 0 Å². The largest absolute Gasteiger partial charge is 0.347 e. The summed E-state index contributed by atoms with van der Waals surface area (Å²) < 4.78 is 0. The minimum absolute atomic E-state index is 0.0250. The van der Waals surface area contributed by atoms with Crippen molar-refractivity contribution < 1.29 is 9.59 Å². The van der Waals surface area contributed by atoms with Gasteiger partial charge in [-0.2, -0.15) is 0 Å². The zero-order valence-corrected chi connectivity index (χ0v) is 13.2. The maximum atomic E-state index is 12.4. The Balaban J connectivity index is 2.95. The summed E-state index contributed by atoms with van der Waals surface area (Å²) in [6, 6.07) is 2.89. The quantitative estimate of drug-likeness (QED) is 0.783. The van der Waals surface area contributed by atoms with Crippen LogP contribution in [0.2, 0.25) is 10.3 Å². The van der Waals surface area contributed by atoms with E-state index in [2.05, 4.69) is 4.98 Å². The van der Waals surface area contributed by atoms with Crippen LogP contribution < -0.4 is 0 Å². The minimum atomic E-state index is -0.284. The summed E-state index contributed by atoms with van der Waals surface area (Å²) in [5.74, 6) is -0.425. The minimum Gasteiger partial charge on any atom is -0.347 e. The predicted molar refractivity (Wildman–Crippen MR) is 79.1 cm³/mol. The van der Waals surface area contributed by atoms with E-state index in [1.54, 1.807) is 14.1 Å². The van der Waals surface area contributed by atoms with Gasteiger partial charge < -0.3 is 9.80 Å². The number of carbonyl (C=O) groups is 2. The third kappa shape index (κ3) is 4.65. The molecule has 1 aromatic heterocycles. The van der Waals surface area contributed by atoms with E-state index in [1.165, 1.54) is 21.9 Å². The number of rotatable bonds is 5. The van der Waals surface area contributed by atoms with Crippen LogP contribution in [0.3, 0.4) is 0 Å². The van der Waals surface area contributed by atoms with Gasteiger partial charge in [-0.1, -0.05) is 30.1 Å².